The summed E-state index contributed by atoms with van der Waals surface area (Å²) in [7, 11) is 0. The molecule has 1 aliphatic heterocycles. The zero-order valence-corrected chi connectivity index (χ0v) is 18.3. The fourth-order valence-electron chi connectivity index (χ4n) is 4.61. The van der Waals surface area contributed by atoms with Gasteiger partial charge in [-0.1, -0.05) is 48.5 Å². The van der Waals surface area contributed by atoms with Crippen molar-refractivity contribution in [2.45, 2.75) is 25.2 Å². The van der Waals surface area contributed by atoms with Crippen LogP contribution in [-0.4, -0.2) is 56.0 Å². The molecule has 0 bridgehead atoms. The van der Waals surface area contributed by atoms with Gasteiger partial charge in [0.05, 0.1) is 18.4 Å². The highest BCUT2D eigenvalue weighted by Gasteiger charge is 2.41. The molecule has 1 unspecified atom stereocenters. The second-order valence-electron chi connectivity index (χ2n) is 8.52. The van der Waals surface area contributed by atoms with Crippen LogP contribution < -0.4 is 10.6 Å². The minimum Gasteiger partial charge on any atom is -0.481 e. The van der Waals surface area contributed by atoms with Gasteiger partial charge in [0.1, 0.15) is 6.61 Å². The van der Waals surface area contributed by atoms with Gasteiger partial charge in [-0.05, 0) is 35.1 Å². The van der Waals surface area contributed by atoms with E-state index in [0.29, 0.717) is 19.4 Å². The van der Waals surface area contributed by atoms with E-state index in [9.17, 15) is 14.4 Å². The topological polar surface area (TPSA) is 114 Å². The summed E-state index contributed by atoms with van der Waals surface area (Å²) in [6.45, 7) is 0.988. The lowest BCUT2D eigenvalue weighted by atomic mass is 9.81. The van der Waals surface area contributed by atoms with Crippen molar-refractivity contribution in [3.8, 4) is 11.1 Å². The largest absolute Gasteiger partial charge is 0.481 e. The zero-order chi connectivity index (χ0) is 23.3. The predicted molar refractivity (Wildman–Crippen MR) is 121 cm³/mol. The van der Waals surface area contributed by atoms with E-state index in [2.05, 4.69) is 34.9 Å². The molecule has 2 aromatic rings. The van der Waals surface area contributed by atoms with Crippen LogP contribution in [0.5, 0.6) is 0 Å². The lowest BCUT2D eigenvalue weighted by molar-refractivity contribution is -0.139. The first-order valence-electron chi connectivity index (χ1n) is 11.2. The number of fused-ring (bicyclic) bond motifs is 3. The number of amides is 2. The lowest BCUT2D eigenvalue weighted by Gasteiger charge is -2.35. The number of alkyl carbamates (subject to hydrolysis) is 1. The molecule has 174 valence electrons. The molecule has 1 heterocycles. The number of aliphatic carboxylic acids is 1. The van der Waals surface area contributed by atoms with Gasteiger partial charge in [-0.3, -0.25) is 9.59 Å². The lowest BCUT2D eigenvalue weighted by Crippen LogP contribution is -2.53. The number of nitrogens with one attached hydrogen (secondary N) is 2. The monoisotopic (exact) mass is 452 g/mol. The number of carbonyl (C=O) groups excluding carboxylic acids is 2. The summed E-state index contributed by atoms with van der Waals surface area (Å²) in [5.41, 5.74) is 3.61. The summed E-state index contributed by atoms with van der Waals surface area (Å²) >= 11 is 0. The Kier molecular flexibility index (Phi) is 6.93. The highest BCUT2D eigenvalue weighted by atomic mass is 16.5. The summed E-state index contributed by atoms with van der Waals surface area (Å²) < 4.78 is 11.1. The smallest absolute Gasteiger partial charge is 0.407 e. The van der Waals surface area contributed by atoms with Crippen molar-refractivity contribution in [1.82, 2.24) is 10.6 Å². The summed E-state index contributed by atoms with van der Waals surface area (Å²) in [5, 5.41) is 14.2. The third-order valence-electron chi connectivity index (χ3n) is 6.34. The molecular weight excluding hydrogens is 424 g/mol. The molecule has 2 aromatic carbocycles. The molecule has 0 radical (unpaired) electrons. The number of carbonyl (C=O) groups is 3. The standard InChI is InChI=1S/C25H28N2O6/c28-22(29)10-12-26-23(30)25(11-5-13-32-16-25)15-27-24(31)33-14-21-19-8-3-1-6-17(19)18-7-2-4-9-20(18)21/h1-4,6-9,21H,5,10-16H2,(H,26,30)(H,27,31)(H,28,29). The van der Waals surface area contributed by atoms with Gasteiger partial charge >= 0.3 is 12.1 Å². The number of carboxylic acid groups (broad SMARTS) is 1. The number of rotatable bonds is 8. The maximum Gasteiger partial charge on any atom is 0.407 e. The Morgan fingerprint density at radius 3 is 2.30 bits per heavy atom. The first-order chi connectivity index (χ1) is 16.0. The average Bonchev–Trinajstić information content (AvgIpc) is 3.15. The fraction of sp³-hybridized carbons (Fsp3) is 0.400. The quantitative estimate of drug-likeness (QED) is 0.568. The Balaban J connectivity index is 1.36. The van der Waals surface area contributed by atoms with E-state index in [1.165, 1.54) is 0 Å². The summed E-state index contributed by atoms with van der Waals surface area (Å²) in [5.74, 6) is -1.35. The number of benzene rings is 2. The van der Waals surface area contributed by atoms with Crippen LogP contribution in [0.2, 0.25) is 0 Å². The van der Waals surface area contributed by atoms with Crippen LogP contribution in [0.15, 0.2) is 48.5 Å². The molecular formula is C25H28N2O6. The van der Waals surface area contributed by atoms with E-state index in [1.807, 2.05) is 24.3 Å². The molecule has 1 atom stereocenters. The minimum absolute atomic E-state index is 0.0286. The molecule has 0 spiro atoms. The van der Waals surface area contributed by atoms with Gasteiger partial charge in [0, 0.05) is 25.6 Å². The summed E-state index contributed by atoms with van der Waals surface area (Å²) in [6, 6.07) is 16.2. The highest BCUT2D eigenvalue weighted by Crippen LogP contribution is 2.44. The van der Waals surface area contributed by atoms with Crippen LogP contribution in [0.1, 0.15) is 36.3 Å². The van der Waals surface area contributed by atoms with Crippen molar-refractivity contribution < 1.29 is 29.0 Å². The molecule has 3 N–H and O–H groups in total. The Labute approximate surface area is 192 Å². The van der Waals surface area contributed by atoms with Gasteiger partial charge < -0.3 is 25.2 Å². The van der Waals surface area contributed by atoms with Crippen molar-refractivity contribution in [2.24, 2.45) is 5.41 Å². The van der Waals surface area contributed by atoms with Crippen molar-refractivity contribution >= 4 is 18.0 Å². The van der Waals surface area contributed by atoms with Crippen LogP contribution in [0, 0.1) is 5.41 Å². The minimum atomic E-state index is -0.985. The maximum absolute atomic E-state index is 12.8. The number of hydrogen-bond donors (Lipinski definition) is 3. The molecule has 0 saturated carbocycles. The highest BCUT2D eigenvalue weighted by molar-refractivity contribution is 5.84. The van der Waals surface area contributed by atoms with Gasteiger partial charge in [-0.15, -0.1) is 0 Å². The predicted octanol–water partition coefficient (Wildman–Crippen LogP) is 2.91. The van der Waals surface area contributed by atoms with Crippen molar-refractivity contribution in [3.63, 3.8) is 0 Å². The molecule has 2 amide bonds. The van der Waals surface area contributed by atoms with Gasteiger partial charge in [0.15, 0.2) is 0 Å². The van der Waals surface area contributed by atoms with Crippen LogP contribution in [0.4, 0.5) is 4.79 Å². The third kappa shape index (κ3) is 5.01. The van der Waals surface area contributed by atoms with Gasteiger partial charge in [-0.2, -0.15) is 0 Å². The Bertz CT molecular complexity index is 986. The molecule has 2 aliphatic rings. The first-order valence-corrected chi connectivity index (χ1v) is 11.2. The van der Waals surface area contributed by atoms with Crippen LogP contribution in [0.3, 0.4) is 0 Å². The molecule has 0 aromatic heterocycles. The molecule has 8 heteroatoms. The van der Waals surface area contributed by atoms with E-state index in [1.54, 1.807) is 0 Å². The summed E-state index contributed by atoms with van der Waals surface area (Å²) in [4.78, 5) is 36.1. The fourth-order valence-corrected chi connectivity index (χ4v) is 4.61. The molecule has 33 heavy (non-hydrogen) atoms. The van der Waals surface area contributed by atoms with E-state index in [-0.39, 0.29) is 44.5 Å². The van der Waals surface area contributed by atoms with Crippen LogP contribution in [-0.2, 0) is 19.1 Å². The third-order valence-corrected chi connectivity index (χ3v) is 6.34. The zero-order valence-electron chi connectivity index (χ0n) is 18.3. The molecule has 8 nitrogen and oxygen atoms in total. The SMILES string of the molecule is O=C(O)CCNC(=O)C1(CNC(=O)OCC2c3ccccc3-c3ccccc32)CCCOC1. The Morgan fingerprint density at radius 2 is 1.70 bits per heavy atom. The van der Waals surface area contributed by atoms with E-state index in [0.717, 1.165) is 22.3 Å². The number of carboxylic acids is 1. The second-order valence-corrected chi connectivity index (χ2v) is 8.52. The maximum atomic E-state index is 12.8. The van der Waals surface area contributed by atoms with Crippen molar-refractivity contribution in [1.29, 1.82) is 0 Å². The van der Waals surface area contributed by atoms with Gasteiger partial charge in [-0.25, -0.2) is 4.79 Å². The van der Waals surface area contributed by atoms with Gasteiger partial charge in [0.2, 0.25) is 5.91 Å². The molecule has 1 aliphatic carbocycles. The van der Waals surface area contributed by atoms with E-state index in [4.69, 9.17) is 14.6 Å². The normalized spacial score (nSPS) is 19.3. The molecule has 1 saturated heterocycles. The van der Waals surface area contributed by atoms with Crippen LogP contribution in [0.25, 0.3) is 11.1 Å². The molecule has 4 rings (SSSR count). The Hall–Kier alpha value is -3.39. The number of hydrogen-bond acceptors (Lipinski definition) is 5. The summed E-state index contributed by atoms with van der Waals surface area (Å²) in [6.07, 6.45) is 0.455. The van der Waals surface area contributed by atoms with Crippen LogP contribution >= 0.6 is 0 Å². The van der Waals surface area contributed by atoms with Gasteiger partial charge in [0.25, 0.3) is 0 Å². The average molecular weight is 453 g/mol. The van der Waals surface area contributed by atoms with E-state index < -0.39 is 17.5 Å². The first kappa shape index (κ1) is 22.8. The van der Waals surface area contributed by atoms with E-state index >= 15 is 0 Å². The second kappa shape index (κ2) is 10.0. The number of ether oxygens (including phenoxy) is 2. The van der Waals surface area contributed by atoms with Crippen molar-refractivity contribution in [3.05, 3.63) is 59.7 Å². The molecule has 1 fully saturated rings. The van der Waals surface area contributed by atoms with Crippen molar-refractivity contribution in [2.75, 3.05) is 32.9 Å². The Morgan fingerprint density at radius 1 is 1.03 bits per heavy atom.